The first-order valence-corrected chi connectivity index (χ1v) is 5.73. The van der Waals surface area contributed by atoms with Crippen LogP contribution in [0.1, 0.15) is 12.5 Å². The van der Waals surface area contributed by atoms with Gasteiger partial charge in [0.25, 0.3) is 0 Å². The van der Waals surface area contributed by atoms with Crippen LogP contribution in [0.15, 0.2) is 30.9 Å². The van der Waals surface area contributed by atoms with E-state index in [9.17, 15) is 4.79 Å². The number of benzene rings is 1. The molecule has 0 saturated heterocycles. The van der Waals surface area contributed by atoms with E-state index in [4.69, 9.17) is 21.1 Å². The largest absolute Gasteiger partial charge is 0.488 e. The molecular formula is C13H15ClO3. The SMILES string of the molecule is C=CCOc1ccc(CC(=O)OCC)cc1Cl. The van der Waals surface area contributed by atoms with Crippen LogP contribution in [-0.2, 0) is 16.0 Å². The van der Waals surface area contributed by atoms with E-state index in [0.29, 0.717) is 24.0 Å². The van der Waals surface area contributed by atoms with E-state index in [1.54, 1.807) is 31.2 Å². The van der Waals surface area contributed by atoms with Crippen molar-refractivity contribution >= 4 is 17.6 Å². The third-order valence-corrected chi connectivity index (χ3v) is 2.30. The minimum Gasteiger partial charge on any atom is -0.488 e. The van der Waals surface area contributed by atoms with Crippen LogP contribution in [0.2, 0.25) is 5.02 Å². The summed E-state index contributed by atoms with van der Waals surface area (Å²) in [7, 11) is 0. The van der Waals surface area contributed by atoms with Gasteiger partial charge in [-0.15, -0.1) is 0 Å². The van der Waals surface area contributed by atoms with Crippen LogP contribution in [0, 0.1) is 0 Å². The van der Waals surface area contributed by atoms with Crippen molar-refractivity contribution in [3.8, 4) is 5.75 Å². The molecule has 0 aliphatic heterocycles. The molecule has 0 spiro atoms. The van der Waals surface area contributed by atoms with Crippen molar-refractivity contribution in [2.45, 2.75) is 13.3 Å². The summed E-state index contributed by atoms with van der Waals surface area (Å²) < 4.78 is 10.2. The Morgan fingerprint density at radius 3 is 2.88 bits per heavy atom. The normalized spacial score (nSPS) is 9.76. The summed E-state index contributed by atoms with van der Waals surface area (Å²) in [5.74, 6) is 0.322. The molecule has 0 radical (unpaired) electrons. The molecule has 0 aromatic heterocycles. The second kappa shape index (κ2) is 6.97. The van der Waals surface area contributed by atoms with Gasteiger partial charge in [-0.25, -0.2) is 0 Å². The van der Waals surface area contributed by atoms with Crippen LogP contribution in [-0.4, -0.2) is 19.2 Å². The van der Waals surface area contributed by atoms with Gasteiger partial charge >= 0.3 is 5.97 Å². The predicted molar refractivity (Wildman–Crippen MR) is 67.5 cm³/mol. The summed E-state index contributed by atoms with van der Waals surface area (Å²) in [6.45, 7) is 6.11. The van der Waals surface area contributed by atoms with Gasteiger partial charge in [-0.3, -0.25) is 4.79 Å². The Hall–Kier alpha value is -1.48. The number of halogens is 1. The minimum absolute atomic E-state index is 0.218. The Bertz CT molecular complexity index is 402. The quantitative estimate of drug-likeness (QED) is 0.578. The van der Waals surface area contributed by atoms with Crippen molar-refractivity contribution in [3.63, 3.8) is 0 Å². The van der Waals surface area contributed by atoms with Gasteiger partial charge in [0, 0.05) is 0 Å². The van der Waals surface area contributed by atoms with Gasteiger partial charge in [0.15, 0.2) is 0 Å². The highest BCUT2D eigenvalue weighted by Crippen LogP contribution is 2.25. The van der Waals surface area contributed by atoms with Crippen LogP contribution in [0.5, 0.6) is 5.75 Å². The summed E-state index contributed by atoms with van der Waals surface area (Å²) in [4.78, 5) is 11.3. The molecule has 0 N–H and O–H groups in total. The number of carbonyl (C=O) groups excluding carboxylic acids is 1. The van der Waals surface area contributed by atoms with Crippen LogP contribution < -0.4 is 4.74 Å². The highest BCUT2D eigenvalue weighted by atomic mass is 35.5. The molecule has 0 atom stereocenters. The van der Waals surface area contributed by atoms with Crippen molar-refractivity contribution in [2.24, 2.45) is 0 Å². The molecule has 0 aliphatic carbocycles. The molecule has 92 valence electrons. The predicted octanol–water partition coefficient (Wildman–Crippen LogP) is 3.01. The Balaban J connectivity index is 2.67. The summed E-state index contributed by atoms with van der Waals surface area (Å²) in [6, 6.07) is 5.23. The third kappa shape index (κ3) is 4.49. The van der Waals surface area contributed by atoms with E-state index >= 15 is 0 Å². The maximum Gasteiger partial charge on any atom is 0.310 e. The molecule has 1 aromatic rings. The summed E-state index contributed by atoms with van der Waals surface area (Å²) >= 11 is 6.01. The molecule has 0 aliphatic rings. The Morgan fingerprint density at radius 1 is 1.53 bits per heavy atom. The summed E-state index contributed by atoms with van der Waals surface area (Å²) in [5, 5.41) is 0.480. The number of hydrogen-bond donors (Lipinski definition) is 0. The number of carbonyl (C=O) groups is 1. The van der Waals surface area contributed by atoms with Crippen molar-refractivity contribution in [2.75, 3.05) is 13.2 Å². The molecule has 1 rings (SSSR count). The monoisotopic (exact) mass is 254 g/mol. The van der Waals surface area contributed by atoms with Gasteiger partial charge in [0.1, 0.15) is 12.4 Å². The zero-order valence-corrected chi connectivity index (χ0v) is 10.5. The number of esters is 1. The lowest BCUT2D eigenvalue weighted by atomic mass is 10.1. The molecule has 0 bridgehead atoms. The van der Waals surface area contributed by atoms with Gasteiger partial charge < -0.3 is 9.47 Å². The highest BCUT2D eigenvalue weighted by molar-refractivity contribution is 6.32. The summed E-state index contributed by atoms with van der Waals surface area (Å²) in [5.41, 5.74) is 0.805. The van der Waals surface area contributed by atoms with E-state index in [2.05, 4.69) is 6.58 Å². The Morgan fingerprint density at radius 2 is 2.29 bits per heavy atom. The van der Waals surface area contributed by atoms with Gasteiger partial charge in [0.2, 0.25) is 0 Å². The fraction of sp³-hybridized carbons (Fsp3) is 0.308. The molecule has 0 saturated carbocycles. The highest BCUT2D eigenvalue weighted by Gasteiger charge is 2.07. The van der Waals surface area contributed by atoms with Crippen molar-refractivity contribution in [3.05, 3.63) is 41.4 Å². The smallest absolute Gasteiger partial charge is 0.310 e. The molecule has 0 heterocycles. The first kappa shape index (κ1) is 13.6. The first-order valence-electron chi connectivity index (χ1n) is 5.35. The number of ether oxygens (including phenoxy) is 2. The Kier molecular flexibility index (Phi) is 5.57. The maximum atomic E-state index is 11.3. The topological polar surface area (TPSA) is 35.5 Å². The van der Waals surface area contributed by atoms with E-state index in [0.717, 1.165) is 5.56 Å². The molecule has 17 heavy (non-hydrogen) atoms. The lowest BCUT2D eigenvalue weighted by Gasteiger charge is -2.07. The average molecular weight is 255 g/mol. The van der Waals surface area contributed by atoms with Crippen LogP contribution in [0.25, 0.3) is 0 Å². The van der Waals surface area contributed by atoms with E-state index in [1.165, 1.54) is 0 Å². The fourth-order valence-electron chi connectivity index (χ4n) is 1.30. The first-order chi connectivity index (χ1) is 8.17. The lowest BCUT2D eigenvalue weighted by Crippen LogP contribution is -2.07. The second-order valence-corrected chi connectivity index (χ2v) is 3.75. The standard InChI is InChI=1S/C13H15ClO3/c1-3-7-17-12-6-5-10(8-11(12)14)9-13(15)16-4-2/h3,5-6,8H,1,4,7,9H2,2H3. The van der Waals surface area contributed by atoms with Crippen molar-refractivity contribution < 1.29 is 14.3 Å². The molecule has 1 aromatic carbocycles. The fourth-order valence-corrected chi connectivity index (χ4v) is 1.56. The van der Waals surface area contributed by atoms with Gasteiger partial charge in [-0.1, -0.05) is 30.3 Å². The molecule has 0 fully saturated rings. The zero-order valence-electron chi connectivity index (χ0n) is 9.74. The number of hydrogen-bond acceptors (Lipinski definition) is 3. The lowest BCUT2D eigenvalue weighted by molar-refractivity contribution is -0.142. The van der Waals surface area contributed by atoms with Crippen molar-refractivity contribution in [1.29, 1.82) is 0 Å². The zero-order chi connectivity index (χ0) is 12.7. The van der Waals surface area contributed by atoms with E-state index in [-0.39, 0.29) is 12.4 Å². The van der Waals surface area contributed by atoms with Crippen LogP contribution in [0.4, 0.5) is 0 Å². The minimum atomic E-state index is -0.261. The number of rotatable bonds is 6. The van der Waals surface area contributed by atoms with Crippen LogP contribution >= 0.6 is 11.6 Å². The maximum absolute atomic E-state index is 11.3. The average Bonchev–Trinajstić information content (AvgIpc) is 2.28. The van der Waals surface area contributed by atoms with Crippen molar-refractivity contribution in [1.82, 2.24) is 0 Å². The van der Waals surface area contributed by atoms with Gasteiger partial charge in [0.05, 0.1) is 18.1 Å². The second-order valence-electron chi connectivity index (χ2n) is 3.35. The molecular weight excluding hydrogens is 240 g/mol. The summed E-state index contributed by atoms with van der Waals surface area (Å²) in [6.07, 6.45) is 1.86. The third-order valence-electron chi connectivity index (χ3n) is 2.01. The van der Waals surface area contributed by atoms with Crippen LogP contribution in [0.3, 0.4) is 0 Å². The molecule has 0 unspecified atom stereocenters. The molecule has 3 nitrogen and oxygen atoms in total. The Labute approximate surface area is 106 Å². The molecule has 0 amide bonds. The molecule has 4 heteroatoms. The van der Waals surface area contributed by atoms with Gasteiger partial charge in [-0.2, -0.15) is 0 Å². The van der Waals surface area contributed by atoms with E-state index in [1.807, 2.05) is 0 Å². The van der Waals surface area contributed by atoms with Gasteiger partial charge in [-0.05, 0) is 24.6 Å². The van der Waals surface area contributed by atoms with E-state index < -0.39 is 0 Å².